The third-order valence-corrected chi connectivity index (χ3v) is 2.79. The zero-order valence-electron chi connectivity index (χ0n) is 9.98. The van der Waals surface area contributed by atoms with Crippen LogP contribution >= 0.6 is 0 Å². The van der Waals surface area contributed by atoms with Gasteiger partial charge in [-0.3, -0.25) is 0 Å². The predicted octanol–water partition coefficient (Wildman–Crippen LogP) is -0.961. The van der Waals surface area contributed by atoms with E-state index in [0.717, 1.165) is 6.26 Å². The molecule has 0 aromatic rings. The molecule has 0 heterocycles. The van der Waals surface area contributed by atoms with Crippen LogP contribution in [0.25, 0.3) is 0 Å². The van der Waals surface area contributed by atoms with Crippen LogP contribution in [0.4, 0.5) is 0 Å². The van der Waals surface area contributed by atoms with Gasteiger partial charge in [-0.2, -0.15) is 0 Å². The maximum Gasteiger partial charge on any atom is 0.209 e. The van der Waals surface area contributed by atoms with Crippen molar-refractivity contribution >= 4 is 15.9 Å². The Bertz CT molecular complexity index is 350. The summed E-state index contributed by atoms with van der Waals surface area (Å²) in [5.41, 5.74) is 4.73. The normalized spacial score (nSPS) is 16.1. The Morgan fingerprint density at radius 3 is 2.44 bits per heavy atom. The zero-order valence-corrected chi connectivity index (χ0v) is 10.8. The van der Waals surface area contributed by atoms with Gasteiger partial charge >= 0.3 is 0 Å². The fourth-order valence-corrected chi connectivity index (χ4v) is 2.21. The second-order valence-corrected chi connectivity index (χ2v) is 6.13. The molecule has 0 aromatic heterocycles. The van der Waals surface area contributed by atoms with Crippen molar-refractivity contribution in [1.82, 2.24) is 10.0 Å². The first-order valence-corrected chi connectivity index (χ1v) is 6.66. The molecule has 0 amide bonds. The summed E-state index contributed by atoms with van der Waals surface area (Å²) in [5, 5.41) is 14.2. The summed E-state index contributed by atoms with van der Waals surface area (Å²) in [7, 11) is -3.26. The highest BCUT2D eigenvalue weighted by Crippen LogP contribution is 2.02. The van der Waals surface area contributed by atoms with Gasteiger partial charge in [0.25, 0.3) is 0 Å². The minimum atomic E-state index is -3.26. The molecule has 0 aliphatic heterocycles. The van der Waals surface area contributed by atoms with Gasteiger partial charge in [0.1, 0.15) is 0 Å². The molecule has 1 atom stereocenters. The van der Waals surface area contributed by atoms with E-state index in [4.69, 9.17) is 10.9 Å². The Morgan fingerprint density at radius 1 is 1.56 bits per heavy atom. The Hall–Kier alpha value is -0.860. The quantitative estimate of drug-likeness (QED) is 0.210. The molecular formula is C8H20N4O3S. The number of amidine groups is 1. The van der Waals surface area contributed by atoms with E-state index >= 15 is 0 Å². The van der Waals surface area contributed by atoms with Gasteiger partial charge in [-0.05, 0) is 20.8 Å². The molecule has 0 fully saturated rings. The third-order valence-electron chi connectivity index (χ3n) is 1.87. The highest BCUT2D eigenvalue weighted by molar-refractivity contribution is 7.88. The minimum absolute atomic E-state index is 0.0511. The predicted molar refractivity (Wildman–Crippen MR) is 62.9 cm³/mol. The van der Waals surface area contributed by atoms with Crippen molar-refractivity contribution in [1.29, 1.82) is 0 Å². The monoisotopic (exact) mass is 252 g/mol. The number of nitrogens with one attached hydrogen (secondary N) is 2. The number of hydrogen-bond donors (Lipinski definition) is 4. The Kier molecular flexibility index (Phi) is 5.17. The number of sulfonamides is 1. The van der Waals surface area contributed by atoms with E-state index in [9.17, 15) is 8.42 Å². The van der Waals surface area contributed by atoms with Crippen LogP contribution in [0.2, 0.25) is 0 Å². The lowest BCUT2D eigenvalue weighted by Gasteiger charge is -2.27. The first kappa shape index (κ1) is 15.1. The summed E-state index contributed by atoms with van der Waals surface area (Å²) in [5.74, 6) is 0.0511. The Morgan fingerprint density at radius 2 is 2.06 bits per heavy atom. The number of nitrogens with two attached hydrogens (primary N) is 1. The maximum absolute atomic E-state index is 11.1. The molecule has 7 nitrogen and oxygen atoms in total. The summed E-state index contributed by atoms with van der Waals surface area (Å²) < 4.78 is 24.6. The number of nitrogens with zero attached hydrogens (tertiary/aromatic N) is 1. The van der Waals surface area contributed by atoms with Gasteiger partial charge in [0.15, 0.2) is 5.84 Å². The van der Waals surface area contributed by atoms with Gasteiger partial charge < -0.3 is 16.3 Å². The highest BCUT2D eigenvalue weighted by atomic mass is 32.2. The largest absolute Gasteiger partial charge is 0.409 e. The lowest BCUT2D eigenvalue weighted by atomic mass is 10.1. The zero-order chi connectivity index (χ0) is 13.0. The highest BCUT2D eigenvalue weighted by Gasteiger charge is 2.23. The van der Waals surface area contributed by atoms with E-state index in [1.807, 2.05) is 0 Å². The van der Waals surface area contributed by atoms with Crippen molar-refractivity contribution in [3.8, 4) is 0 Å². The molecule has 0 aliphatic rings. The molecular weight excluding hydrogens is 232 g/mol. The van der Waals surface area contributed by atoms with E-state index < -0.39 is 15.6 Å². The van der Waals surface area contributed by atoms with Crippen LogP contribution in [0.15, 0.2) is 5.16 Å². The number of rotatable bonds is 6. The van der Waals surface area contributed by atoms with E-state index in [2.05, 4.69) is 15.2 Å². The lowest BCUT2D eigenvalue weighted by Crippen LogP contribution is -2.53. The summed E-state index contributed by atoms with van der Waals surface area (Å²) in [6.07, 6.45) is 1.10. The van der Waals surface area contributed by atoms with E-state index in [0.29, 0.717) is 6.54 Å². The SMILES string of the molecule is CC(NCC(C)(C)NS(C)(=O)=O)C(N)=NO. The van der Waals surface area contributed by atoms with E-state index in [1.165, 1.54) is 0 Å². The maximum atomic E-state index is 11.1. The van der Waals surface area contributed by atoms with Gasteiger partial charge in [0.05, 0.1) is 12.3 Å². The molecule has 0 saturated carbocycles. The number of oxime groups is 1. The smallest absolute Gasteiger partial charge is 0.209 e. The fourth-order valence-electron chi connectivity index (χ4n) is 1.14. The van der Waals surface area contributed by atoms with Crippen molar-refractivity contribution in [3.05, 3.63) is 0 Å². The van der Waals surface area contributed by atoms with Crippen molar-refractivity contribution in [2.24, 2.45) is 10.9 Å². The average molecular weight is 252 g/mol. The second-order valence-electron chi connectivity index (χ2n) is 4.39. The first-order valence-electron chi connectivity index (χ1n) is 4.77. The van der Waals surface area contributed by atoms with Crippen molar-refractivity contribution in [2.75, 3.05) is 12.8 Å². The van der Waals surface area contributed by atoms with E-state index in [-0.39, 0.29) is 11.9 Å². The van der Waals surface area contributed by atoms with Crippen LogP contribution < -0.4 is 15.8 Å². The Balaban J connectivity index is 4.30. The van der Waals surface area contributed by atoms with Crippen molar-refractivity contribution in [3.63, 3.8) is 0 Å². The van der Waals surface area contributed by atoms with Gasteiger partial charge in [-0.25, -0.2) is 13.1 Å². The van der Waals surface area contributed by atoms with E-state index in [1.54, 1.807) is 20.8 Å². The standard InChI is InChI=1S/C8H20N4O3S/c1-6(7(9)11-13)10-5-8(2,3)12-16(4,14)15/h6,10,12-13H,5H2,1-4H3,(H2,9,11). The molecule has 96 valence electrons. The molecule has 16 heavy (non-hydrogen) atoms. The fraction of sp³-hybridized carbons (Fsp3) is 0.875. The molecule has 0 bridgehead atoms. The molecule has 8 heteroatoms. The summed E-state index contributed by atoms with van der Waals surface area (Å²) in [4.78, 5) is 0. The van der Waals surface area contributed by atoms with Crippen LogP contribution in [-0.4, -0.2) is 43.8 Å². The van der Waals surface area contributed by atoms with Crippen LogP contribution in [-0.2, 0) is 10.0 Å². The molecule has 0 aromatic carbocycles. The third kappa shape index (κ3) is 6.59. The summed E-state index contributed by atoms with van der Waals surface area (Å²) in [6.45, 7) is 5.54. The summed E-state index contributed by atoms with van der Waals surface area (Å²) in [6, 6.07) is -0.328. The topological polar surface area (TPSA) is 117 Å². The van der Waals surface area contributed by atoms with Gasteiger partial charge in [0, 0.05) is 12.1 Å². The minimum Gasteiger partial charge on any atom is -0.409 e. The van der Waals surface area contributed by atoms with Crippen LogP contribution in [0.5, 0.6) is 0 Å². The Labute approximate surface area is 96.1 Å². The van der Waals surface area contributed by atoms with Gasteiger partial charge in [-0.15, -0.1) is 0 Å². The van der Waals surface area contributed by atoms with Gasteiger partial charge in [0.2, 0.25) is 10.0 Å². The van der Waals surface area contributed by atoms with Crippen molar-refractivity contribution in [2.45, 2.75) is 32.4 Å². The molecule has 0 radical (unpaired) electrons. The molecule has 0 rings (SSSR count). The van der Waals surface area contributed by atoms with Crippen molar-refractivity contribution < 1.29 is 13.6 Å². The van der Waals surface area contributed by atoms with Crippen LogP contribution in [0.3, 0.4) is 0 Å². The molecule has 1 unspecified atom stereocenters. The lowest BCUT2D eigenvalue weighted by molar-refractivity contribution is 0.314. The molecule has 0 aliphatic carbocycles. The molecule has 0 saturated heterocycles. The number of hydrogen-bond acceptors (Lipinski definition) is 5. The van der Waals surface area contributed by atoms with Gasteiger partial charge in [-0.1, -0.05) is 5.16 Å². The average Bonchev–Trinajstić information content (AvgIpc) is 2.09. The van der Waals surface area contributed by atoms with Crippen LogP contribution in [0, 0.1) is 0 Å². The molecule has 0 spiro atoms. The first-order chi connectivity index (χ1) is 7.07. The molecule has 5 N–H and O–H groups in total. The van der Waals surface area contributed by atoms with Crippen LogP contribution in [0.1, 0.15) is 20.8 Å². The second kappa shape index (κ2) is 5.46. The summed E-state index contributed by atoms with van der Waals surface area (Å²) >= 11 is 0.